The van der Waals surface area contributed by atoms with Gasteiger partial charge in [-0.05, 0) is 32.6 Å². The fraction of sp³-hybridized carbons (Fsp3) is 0.909. The second-order valence-corrected chi connectivity index (χ2v) is 4.63. The number of nitrogens with two attached hydrogens (primary N) is 1. The predicted molar refractivity (Wildman–Crippen MR) is 66.1 cm³/mol. The Morgan fingerprint density at radius 1 is 1.50 bits per heavy atom. The van der Waals surface area contributed by atoms with E-state index in [1.807, 2.05) is 20.9 Å². The smallest absolute Gasteiger partial charge is 0.208 e. The lowest BCUT2D eigenvalue weighted by molar-refractivity contribution is 0.0610. The summed E-state index contributed by atoms with van der Waals surface area (Å²) in [7, 11) is 2.02. The molecule has 94 valence electrons. The summed E-state index contributed by atoms with van der Waals surface area (Å²) < 4.78 is 5.34. The summed E-state index contributed by atoms with van der Waals surface area (Å²) in [5, 5.41) is 0. The lowest BCUT2D eigenvalue weighted by Gasteiger charge is -2.29. The molecule has 0 atom stereocenters. The highest BCUT2D eigenvalue weighted by Gasteiger charge is 2.17. The quantitative estimate of drug-likeness (QED) is 0.321. The van der Waals surface area contributed by atoms with Gasteiger partial charge < -0.3 is 9.64 Å². The second kappa shape index (κ2) is 6.70. The first-order valence-electron chi connectivity index (χ1n) is 5.96. The molecule has 1 heterocycles. The highest BCUT2D eigenvalue weighted by Crippen LogP contribution is 2.15. The van der Waals surface area contributed by atoms with Crippen LogP contribution >= 0.6 is 0 Å². The van der Waals surface area contributed by atoms with E-state index in [1.165, 1.54) is 0 Å². The third-order valence-corrected chi connectivity index (χ3v) is 2.74. The molecular weight excluding hydrogens is 204 g/mol. The van der Waals surface area contributed by atoms with Crippen LogP contribution in [0.25, 0.3) is 0 Å². The van der Waals surface area contributed by atoms with Crippen molar-refractivity contribution in [2.45, 2.75) is 32.7 Å². The number of hydrogen-bond acceptors (Lipinski definition) is 3. The minimum Gasteiger partial charge on any atom is -0.381 e. The SMILES string of the molecule is CC(C)N=C(NN)N(C)CC1CCOCC1. The highest BCUT2D eigenvalue weighted by molar-refractivity contribution is 5.79. The van der Waals surface area contributed by atoms with Gasteiger partial charge in [-0.25, -0.2) is 10.8 Å². The Bertz CT molecular complexity index is 224. The lowest BCUT2D eigenvalue weighted by atomic mass is 10.00. The average Bonchev–Trinajstić information content (AvgIpc) is 2.26. The summed E-state index contributed by atoms with van der Waals surface area (Å²) in [5.41, 5.74) is 2.67. The number of nitrogens with zero attached hydrogens (tertiary/aromatic N) is 2. The van der Waals surface area contributed by atoms with Gasteiger partial charge in [-0.2, -0.15) is 0 Å². The van der Waals surface area contributed by atoms with E-state index >= 15 is 0 Å². The van der Waals surface area contributed by atoms with E-state index in [1.54, 1.807) is 0 Å². The van der Waals surface area contributed by atoms with E-state index in [0.29, 0.717) is 5.92 Å². The Hall–Kier alpha value is -0.810. The van der Waals surface area contributed by atoms with E-state index < -0.39 is 0 Å². The summed E-state index contributed by atoms with van der Waals surface area (Å²) in [6, 6.07) is 0.253. The van der Waals surface area contributed by atoms with E-state index in [2.05, 4.69) is 15.3 Å². The van der Waals surface area contributed by atoms with Crippen molar-refractivity contribution in [1.82, 2.24) is 10.3 Å². The van der Waals surface area contributed by atoms with Gasteiger partial charge in [-0.15, -0.1) is 0 Å². The van der Waals surface area contributed by atoms with Crippen LogP contribution in [-0.2, 0) is 4.74 Å². The number of rotatable bonds is 3. The van der Waals surface area contributed by atoms with Crippen molar-refractivity contribution in [1.29, 1.82) is 0 Å². The molecule has 1 aliphatic heterocycles. The fourth-order valence-corrected chi connectivity index (χ4v) is 1.89. The van der Waals surface area contributed by atoms with Gasteiger partial charge in [0.2, 0.25) is 5.96 Å². The maximum absolute atomic E-state index is 5.48. The third kappa shape index (κ3) is 4.37. The molecule has 0 aliphatic carbocycles. The first kappa shape index (κ1) is 13.3. The minimum atomic E-state index is 0.253. The zero-order valence-corrected chi connectivity index (χ0v) is 10.6. The van der Waals surface area contributed by atoms with Gasteiger partial charge in [-0.3, -0.25) is 5.43 Å². The number of hydrogen-bond donors (Lipinski definition) is 2. The van der Waals surface area contributed by atoms with Crippen molar-refractivity contribution in [3.63, 3.8) is 0 Å². The van der Waals surface area contributed by atoms with Crippen LogP contribution in [0.3, 0.4) is 0 Å². The van der Waals surface area contributed by atoms with Crippen LogP contribution in [0.2, 0.25) is 0 Å². The molecule has 0 radical (unpaired) electrons. The van der Waals surface area contributed by atoms with Crippen LogP contribution in [0.1, 0.15) is 26.7 Å². The molecule has 1 fully saturated rings. The van der Waals surface area contributed by atoms with Gasteiger partial charge >= 0.3 is 0 Å². The highest BCUT2D eigenvalue weighted by atomic mass is 16.5. The van der Waals surface area contributed by atoms with E-state index in [9.17, 15) is 0 Å². The molecule has 0 spiro atoms. The van der Waals surface area contributed by atoms with E-state index in [0.717, 1.165) is 38.6 Å². The molecule has 1 aliphatic rings. The Balaban J connectivity index is 2.44. The Morgan fingerprint density at radius 3 is 2.62 bits per heavy atom. The van der Waals surface area contributed by atoms with Crippen molar-refractivity contribution < 1.29 is 4.74 Å². The van der Waals surface area contributed by atoms with Gasteiger partial charge in [0.05, 0.1) is 0 Å². The van der Waals surface area contributed by atoms with E-state index in [-0.39, 0.29) is 6.04 Å². The topological polar surface area (TPSA) is 62.9 Å². The largest absolute Gasteiger partial charge is 0.381 e. The van der Waals surface area contributed by atoms with E-state index in [4.69, 9.17) is 10.6 Å². The van der Waals surface area contributed by atoms with Crippen LogP contribution in [0.15, 0.2) is 4.99 Å². The fourth-order valence-electron chi connectivity index (χ4n) is 1.89. The van der Waals surface area contributed by atoms with Crippen LogP contribution < -0.4 is 11.3 Å². The minimum absolute atomic E-state index is 0.253. The molecule has 0 aromatic heterocycles. The Kier molecular flexibility index (Phi) is 5.55. The first-order chi connectivity index (χ1) is 7.63. The summed E-state index contributed by atoms with van der Waals surface area (Å²) in [5.74, 6) is 6.93. The van der Waals surface area contributed by atoms with Gasteiger partial charge in [0.25, 0.3) is 0 Å². The maximum Gasteiger partial charge on any atom is 0.208 e. The second-order valence-electron chi connectivity index (χ2n) is 4.63. The molecule has 0 aromatic rings. The monoisotopic (exact) mass is 228 g/mol. The molecule has 0 saturated carbocycles. The third-order valence-electron chi connectivity index (χ3n) is 2.74. The zero-order valence-electron chi connectivity index (χ0n) is 10.6. The summed E-state index contributed by atoms with van der Waals surface area (Å²) >= 11 is 0. The molecule has 3 N–H and O–H groups in total. The summed E-state index contributed by atoms with van der Waals surface area (Å²) in [6.07, 6.45) is 2.26. The van der Waals surface area contributed by atoms with Crippen molar-refractivity contribution in [3.8, 4) is 0 Å². The van der Waals surface area contributed by atoms with Crippen LogP contribution in [0, 0.1) is 5.92 Å². The summed E-state index contributed by atoms with van der Waals surface area (Å²) in [4.78, 5) is 6.53. The molecule has 0 amide bonds. The van der Waals surface area contributed by atoms with Gasteiger partial charge in [-0.1, -0.05) is 0 Å². The van der Waals surface area contributed by atoms with Crippen LogP contribution in [-0.4, -0.2) is 43.7 Å². The van der Waals surface area contributed by atoms with Gasteiger partial charge in [0.15, 0.2) is 0 Å². The predicted octanol–water partition coefficient (Wildman–Crippen LogP) is 0.573. The molecule has 0 aromatic carbocycles. The van der Waals surface area contributed by atoms with Crippen molar-refractivity contribution in [3.05, 3.63) is 0 Å². The molecule has 0 bridgehead atoms. The molecule has 0 unspecified atom stereocenters. The number of hydrazine groups is 1. The molecule has 5 nitrogen and oxygen atoms in total. The van der Waals surface area contributed by atoms with Crippen molar-refractivity contribution >= 4 is 5.96 Å². The van der Waals surface area contributed by atoms with Crippen LogP contribution in [0.5, 0.6) is 0 Å². The van der Waals surface area contributed by atoms with Gasteiger partial charge in [0, 0.05) is 32.8 Å². The molecule has 5 heteroatoms. The molecular formula is C11H24N4O. The Labute approximate surface area is 98.0 Å². The zero-order chi connectivity index (χ0) is 12.0. The number of nitrogens with one attached hydrogen (secondary N) is 1. The number of guanidine groups is 1. The number of aliphatic imine (C=N–C) groups is 1. The standard InChI is InChI=1S/C11H24N4O/c1-9(2)13-11(14-12)15(3)8-10-4-6-16-7-5-10/h9-10H,4-8,12H2,1-3H3,(H,13,14). The maximum atomic E-state index is 5.48. The molecule has 16 heavy (non-hydrogen) atoms. The molecule has 1 rings (SSSR count). The van der Waals surface area contributed by atoms with Crippen molar-refractivity contribution in [2.75, 3.05) is 26.8 Å². The van der Waals surface area contributed by atoms with Crippen molar-refractivity contribution in [2.24, 2.45) is 16.8 Å². The lowest BCUT2D eigenvalue weighted by Crippen LogP contribution is -2.45. The van der Waals surface area contributed by atoms with Crippen LogP contribution in [0.4, 0.5) is 0 Å². The first-order valence-corrected chi connectivity index (χ1v) is 5.96. The average molecular weight is 228 g/mol. The molecule has 1 saturated heterocycles. The Morgan fingerprint density at radius 2 is 2.12 bits per heavy atom. The summed E-state index contributed by atoms with van der Waals surface area (Å²) in [6.45, 7) is 6.83. The van der Waals surface area contributed by atoms with Gasteiger partial charge in [0.1, 0.15) is 0 Å². The number of ether oxygens (including phenoxy) is 1. The normalized spacial score (nSPS) is 18.9.